The minimum Gasteiger partial charge on any atom is -0.497 e. The van der Waals surface area contributed by atoms with Crippen LogP contribution in [0.1, 0.15) is 23.6 Å². The summed E-state index contributed by atoms with van der Waals surface area (Å²) in [5.74, 6) is 0.238. The molecule has 0 aromatic heterocycles. The standard InChI is InChI=1S/C19H20FNO3/c1-24-17-7-3-5-14(10-17)18-11-16(22)12-21(18)19(23)9-13-4-2-6-15(20)8-13/h2-8,10,16,18,22H,9,11-12H2,1H3. The molecule has 1 N–H and O–H groups in total. The van der Waals surface area contributed by atoms with Crippen molar-refractivity contribution in [2.75, 3.05) is 13.7 Å². The van der Waals surface area contributed by atoms with Crippen LogP contribution in [0.2, 0.25) is 0 Å². The third-order valence-corrected chi connectivity index (χ3v) is 4.32. The van der Waals surface area contributed by atoms with Crippen LogP contribution in [-0.2, 0) is 11.2 Å². The van der Waals surface area contributed by atoms with Gasteiger partial charge in [-0.1, -0.05) is 24.3 Å². The zero-order chi connectivity index (χ0) is 17.1. The molecule has 4 nitrogen and oxygen atoms in total. The highest BCUT2D eigenvalue weighted by molar-refractivity contribution is 5.79. The van der Waals surface area contributed by atoms with Gasteiger partial charge in [0, 0.05) is 6.54 Å². The number of hydrogen-bond acceptors (Lipinski definition) is 3. The maximum absolute atomic E-state index is 13.3. The molecular weight excluding hydrogens is 309 g/mol. The molecule has 0 bridgehead atoms. The normalized spacial score (nSPS) is 20.2. The number of β-amino-alcohol motifs (C(OH)–C–C–N with tert-alkyl or cyclic N) is 1. The number of aliphatic hydroxyl groups excluding tert-OH is 1. The molecular formula is C19H20FNO3. The third-order valence-electron chi connectivity index (χ3n) is 4.32. The van der Waals surface area contributed by atoms with Crippen LogP contribution in [0.3, 0.4) is 0 Å². The summed E-state index contributed by atoms with van der Waals surface area (Å²) in [6.45, 7) is 0.288. The molecule has 1 aliphatic heterocycles. The van der Waals surface area contributed by atoms with Gasteiger partial charge >= 0.3 is 0 Å². The van der Waals surface area contributed by atoms with Gasteiger partial charge in [0.1, 0.15) is 11.6 Å². The minimum atomic E-state index is -0.558. The number of nitrogens with zero attached hydrogens (tertiary/aromatic N) is 1. The summed E-state index contributed by atoms with van der Waals surface area (Å²) >= 11 is 0. The van der Waals surface area contributed by atoms with Crippen LogP contribution in [0.4, 0.5) is 4.39 Å². The maximum Gasteiger partial charge on any atom is 0.227 e. The number of benzene rings is 2. The van der Waals surface area contributed by atoms with E-state index < -0.39 is 6.10 Å². The summed E-state index contributed by atoms with van der Waals surface area (Å²) in [4.78, 5) is 14.3. The lowest BCUT2D eigenvalue weighted by Crippen LogP contribution is -2.33. The van der Waals surface area contributed by atoms with E-state index >= 15 is 0 Å². The minimum absolute atomic E-state index is 0.116. The maximum atomic E-state index is 13.3. The molecule has 0 radical (unpaired) electrons. The molecule has 2 aromatic carbocycles. The number of likely N-dealkylation sites (tertiary alicyclic amines) is 1. The number of aliphatic hydroxyl groups is 1. The Morgan fingerprint density at radius 3 is 2.83 bits per heavy atom. The first-order valence-electron chi connectivity index (χ1n) is 7.92. The number of carbonyl (C=O) groups excluding carboxylic acids is 1. The Morgan fingerprint density at radius 1 is 1.29 bits per heavy atom. The number of amides is 1. The molecule has 2 atom stereocenters. The molecule has 5 heteroatoms. The average molecular weight is 329 g/mol. The van der Waals surface area contributed by atoms with Crippen molar-refractivity contribution >= 4 is 5.91 Å². The molecule has 1 amide bonds. The van der Waals surface area contributed by atoms with Crippen molar-refractivity contribution in [3.63, 3.8) is 0 Å². The molecule has 0 saturated carbocycles. The summed E-state index contributed by atoms with van der Waals surface area (Å²) in [6.07, 6.45) is 0.0465. The van der Waals surface area contributed by atoms with Crippen molar-refractivity contribution < 1.29 is 19.0 Å². The molecule has 0 spiro atoms. The summed E-state index contributed by atoms with van der Waals surface area (Å²) < 4.78 is 18.5. The van der Waals surface area contributed by atoms with Gasteiger partial charge < -0.3 is 14.7 Å². The van der Waals surface area contributed by atoms with Gasteiger partial charge in [-0.3, -0.25) is 4.79 Å². The summed E-state index contributed by atoms with van der Waals surface area (Å²) in [5, 5.41) is 10.0. The van der Waals surface area contributed by atoms with Gasteiger partial charge in [0.15, 0.2) is 0 Å². The second-order valence-electron chi connectivity index (χ2n) is 6.03. The van der Waals surface area contributed by atoms with E-state index in [2.05, 4.69) is 0 Å². The van der Waals surface area contributed by atoms with Crippen LogP contribution in [0, 0.1) is 5.82 Å². The molecule has 1 aliphatic rings. The topological polar surface area (TPSA) is 49.8 Å². The fourth-order valence-electron chi connectivity index (χ4n) is 3.18. The van der Waals surface area contributed by atoms with Crippen LogP contribution >= 0.6 is 0 Å². The Balaban J connectivity index is 1.80. The van der Waals surface area contributed by atoms with Gasteiger partial charge in [0.2, 0.25) is 5.91 Å². The van der Waals surface area contributed by atoms with E-state index in [4.69, 9.17) is 4.74 Å². The zero-order valence-electron chi connectivity index (χ0n) is 13.5. The molecule has 126 valence electrons. The lowest BCUT2D eigenvalue weighted by atomic mass is 10.0. The van der Waals surface area contributed by atoms with Crippen molar-refractivity contribution in [2.45, 2.75) is 25.0 Å². The number of ether oxygens (including phenoxy) is 1. The van der Waals surface area contributed by atoms with E-state index in [0.29, 0.717) is 17.7 Å². The second-order valence-corrected chi connectivity index (χ2v) is 6.03. The van der Waals surface area contributed by atoms with Gasteiger partial charge in [0.25, 0.3) is 0 Å². The smallest absolute Gasteiger partial charge is 0.227 e. The Morgan fingerprint density at radius 2 is 2.08 bits per heavy atom. The van der Waals surface area contributed by atoms with E-state index in [-0.39, 0.29) is 30.7 Å². The highest BCUT2D eigenvalue weighted by Gasteiger charge is 2.35. The van der Waals surface area contributed by atoms with E-state index in [1.165, 1.54) is 12.1 Å². The van der Waals surface area contributed by atoms with E-state index in [1.807, 2.05) is 24.3 Å². The van der Waals surface area contributed by atoms with Crippen LogP contribution in [0.15, 0.2) is 48.5 Å². The first kappa shape index (κ1) is 16.5. The van der Waals surface area contributed by atoms with Gasteiger partial charge in [-0.05, 0) is 41.8 Å². The number of rotatable bonds is 4. The SMILES string of the molecule is COc1cccc(C2CC(O)CN2C(=O)Cc2cccc(F)c2)c1. The molecule has 2 aromatic rings. The van der Waals surface area contributed by atoms with Gasteiger partial charge in [0.05, 0.1) is 25.7 Å². The predicted molar refractivity (Wildman–Crippen MR) is 88.2 cm³/mol. The van der Waals surface area contributed by atoms with Crippen molar-refractivity contribution in [1.82, 2.24) is 4.90 Å². The molecule has 3 rings (SSSR count). The van der Waals surface area contributed by atoms with Crippen molar-refractivity contribution in [2.24, 2.45) is 0 Å². The Bertz CT molecular complexity index is 734. The summed E-state index contributed by atoms with van der Waals surface area (Å²) in [6, 6.07) is 13.4. The molecule has 1 saturated heterocycles. The van der Waals surface area contributed by atoms with Crippen LogP contribution < -0.4 is 4.74 Å². The number of carbonyl (C=O) groups is 1. The van der Waals surface area contributed by atoms with Gasteiger partial charge in [-0.25, -0.2) is 4.39 Å². The fraction of sp³-hybridized carbons (Fsp3) is 0.316. The first-order valence-corrected chi connectivity index (χ1v) is 7.92. The Hall–Kier alpha value is -2.40. The quantitative estimate of drug-likeness (QED) is 0.938. The fourth-order valence-corrected chi connectivity index (χ4v) is 3.18. The number of halogens is 1. The number of methoxy groups -OCH3 is 1. The lowest BCUT2D eigenvalue weighted by Gasteiger charge is -2.25. The Kier molecular flexibility index (Phi) is 4.81. The van der Waals surface area contributed by atoms with Gasteiger partial charge in [-0.2, -0.15) is 0 Å². The van der Waals surface area contributed by atoms with E-state index in [0.717, 1.165) is 5.56 Å². The zero-order valence-corrected chi connectivity index (χ0v) is 13.5. The molecule has 24 heavy (non-hydrogen) atoms. The van der Waals surface area contributed by atoms with Crippen LogP contribution in [0.25, 0.3) is 0 Å². The largest absolute Gasteiger partial charge is 0.497 e. The van der Waals surface area contributed by atoms with Crippen molar-refractivity contribution in [3.05, 3.63) is 65.5 Å². The van der Waals surface area contributed by atoms with Crippen LogP contribution in [-0.4, -0.2) is 35.7 Å². The third kappa shape index (κ3) is 3.57. The Labute approximate surface area is 140 Å². The second kappa shape index (κ2) is 7.01. The monoisotopic (exact) mass is 329 g/mol. The molecule has 1 fully saturated rings. The highest BCUT2D eigenvalue weighted by Crippen LogP contribution is 2.34. The molecule has 0 aliphatic carbocycles. The number of hydrogen-bond donors (Lipinski definition) is 1. The first-order chi connectivity index (χ1) is 11.6. The van der Waals surface area contributed by atoms with Crippen molar-refractivity contribution in [3.8, 4) is 5.75 Å². The van der Waals surface area contributed by atoms with E-state index in [9.17, 15) is 14.3 Å². The van der Waals surface area contributed by atoms with E-state index in [1.54, 1.807) is 24.1 Å². The molecule has 1 heterocycles. The average Bonchev–Trinajstić information content (AvgIpc) is 2.97. The lowest BCUT2D eigenvalue weighted by molar-refractivity contribution is -0.131. The van der Waals surface area contributed by atoms with Gasteiger partial charge in [-0.15, -0.1) is 0 Å². The summed E-state index contributed by atoms with van der Waals surface area (Å²) in [7, 11) is 1.59. The van der Waals surface area contributed by atoms with Crippen molar-refractivity contribution in [1.29, 1.82) is 0 Å². The molecule has 2 unspecified atom stereocenters. The van der Waals surface area contributed by atoms with Crippen LogP contribution in [0.5, 0.6) is 5.75 Å². The predicted octanol–water partition coefficient (Wildman–Crippen LogP) is 2.71. The summed E-state index contributed by atoms with van der Waals surface area (Å²) in [5.41, 5.74) is 1.56. The highest BCUT2D eigenvalue weighted by atomic mass is 19.1.